The van der Waals surface area contributed by atoms with Gasteiger partial charge in [-0.2, -0.15) is 0 Å². The van der Waals surface area contributed by atoms with Gasteiger partial charge in [0.25, 0.3) is 0 Å². The van der Waals surface area contributed by atoms with Gasteiger partial charge in [0.15, 0.2) is 0 Å². The number of rotatable bonds is 6. The van der Waals surface area contributed by atoms with Gasteiger partial charge < -0.3 is 0 Å². The summed E-state index contributed by atoms with van der Waals surface area (Å²) in [6, 6.07) is 10.6. The Kier molecular flexibility index (Phi) is 6.13. The first-order chi connectivity index (χ1) is 6.79. The molecular formula is C12H17ClS. The number of thioether (sulfide) groups is 1. The predicted molar refractivity (Wildman–Crippen MR) is 66.3 cm³/mol. The highest BCUT2D eigenvalue weighted by molar-refractivity contribution is 7.99. The highest BCUT2D eigenvalue weighted by Crippen LogP contribution is 2.19. The number of alkyl halides is 1. The molecule has 0 aromatic heterocycles. The molecule has 0 saturated carbocycles. The molecule has 0 radical (unpaired) electrons. The number of unbranched alkanes of at least 4 members (excludes halogenated alkanes) is 1. The standard InChI is InChI=1S/C12H17ClS/c1-11(13)7-5-6-10-14-12-8-3-2-4-9-12/h2-4,8-9,11H,5-7,10H2,1H3. The van der Waals surface area contributed by atoms with Gasteiger partial charge in [-0.3, -0.25) is 0 Å². The number of halogens is 1. The zero-order valence-electron chi connectivity index (χ0n) is 8.58. The summed E-state index contributed by atoms with van der Waals surface area (Å²) in [6.45, 7) is 2.06. The molecule has 0 fully saturated rings. The van der Waals surface area contributed by atoms with E-state index in [9.17, 15) is 0 Å². The third-order valence-electron chi connectivity index (χ3n) is 2.01. The summed E-state index contributed by atoms with van der Waals surface area (Å²) in [4.78, 5) is 1.37. The Morgan fingerprint density at radius 1 is 1.21 bits per heavy atom. The van der Waals surface area contributed by atoms with E-state index in [1.54, 1.807) is 0 Å². The normalized spacial score (nSPS) is 12.7. The number of benzene rings is 1. The van der Waals surface area contributed by atoms with Crippen molar-refractivity contribution in [1.29, 1.82) is 0 Å². The van der Waals surface area contributed by atoms with Gasteiger partial charge in [0.1, 0.15) is 0 Å². The first-order valence-corrected chi connectivity index (χ1v) is 6.53. The molecule has 0 aliphatic carbocycles. The third-order valence-corrected chi connectivity index (χ3v) is 3.32. The lowest BCUT2D eigenvalue weighted by Crippen LogP contribution is -1.90. The Morgan fingerprint density at radius 2 is 1.93 bits per heavy atom. The van der Waals surface area contributed by atoms with Crippen molar-refractivity contribution in [2.45, 2.75) is 36.5 Å². The molecule has 0 N–H and O–H groups in total. The number of hydrogen-bond acceptors (Lipinski definition) is 1. The van der Waals surface area contributed by atoms with Crippen molar-refractivity contribution in [3.8, 4) is 0 Å². The van der Waals surface area contributed by atoms with Gasteiger partial charge in [-0.1, -0.05) is 24.6 Å². The van der Waals surface area contributed by atoms with Crippen molar-refractivity contribution in [1.82, 2.24) is 0 Å². The lowest BCUT2D eigenvalue weighted by atomic mass is 10.2. The minimum atomic E-state index is 0.330. The number of hydrogen-bond donors (Lipinski definition) is 0. The average Bonchev–Trinajstić information content (AvgIpc) is 2.18. The molecule has 14 heavy (non-hydrogen) atoms. The van der Waals surface area contributed by atoms with E-state index in [1.807, 2.05) is 11.8 Å². The van der Waals surface area contributed by atoms with E-state index in [2.05, 4.69) is 37.3 Å². The Hall–Kier alpha value is -0.140. The Labute approximate surface area is 96.0 Å². The fourth-order valence-electron chi connectivity index (χ4n) is 1.23. The minimum Gasteiger partial charge on any atom is -0.126 e. The quantitative estimate of drug-likeness (QED) is 0.390. The maximum absolute atomic E-state index is 5.87. The summed E-state index contributed by atoms with van der Waals surface area (Å²) in [5.41, 5.74) is 0. The van der Waals surface area contributed by atoms with E-state index in [0.717, 1.165) is 6.42 Å². The van der Waals surface area contributed by atoms with Crippen LogP contribution in [-0.2, 0) is 0 Å². The molecule has 1 aromatic rings. The van der Waals surface area contributed by atoms with E-state index in [0.29, 0.717) is 5.38 Å². The molecule has 0 spiro atoms. The average molecular weight is 229 g/mol. The molecular weight excluding hydrogens is 212 g/mol. The van der Waals surface area contributed by atoms with Crippen LogP contribution in [0, 0.1) is 0 Å². The zero-order valence-corrected chi connectivity index (χ0v) is 10.2. The molecule has 0 saturated heterocycles. The van der Waals surface area contributed by atoms with Gasteiger partial charge in [0, 0.05) is 10.3 Å². The molecule has 0 heterocycles. The highest BCUT2D eigenvalue weighted by Gasteiger charge is 1.96. The van der Waals surface area contributed by atoms with Gasteiger partial charge in [-0.15, -0.1) is 23.4 Å². The molecule has 1 atom stereocenters. The second kappa shape index (κ2) is 7.19. The van der Waals surface area contributed by atoms with E-state index in [-0.39, 0.29) is 0 Å². The molecule has 78 valence electrons. The second-order valence-electron chi connectivity index (χ2n) is 3.44. The van der Waals surface area contributed by atoms with Gasteiger partial charge >= 0.3 is 0 Å². The molecule has 1 rings (SSSR count). The van der Waals surface area contributed by atoms with Crippen LogP contribution in [0.15, 0.2) is 35.2 Å². The van der Waals surface area contributed by atoms with E-state index in [1.165, 1.54) is 23.5 Å². The van der Waals surface area contributed by atoms with Crippen LogP contribution in [0.3, 0.4) is 0 Å². The van der Waals surface area contributed by atoms with Crippen molar-refractivity contribution in [3.05, 3.63) is 30.3 Å². The third kappa shape index (κ3) is 5.56. The van der Waals surface area contributed by atoms with Gasteiger partial charge in [0.2, 0.25) is 0 Å². The molecule has 0 amide bonds. The minimum absolute atomic E-state index is 0.330. The smallest absolute Gasteiger partial charge is 0.0307 e. The van der Waals surface area contributed by atoms with Crippen LogP contribution in [0.1, 0.15) is 26.2 Å². The summed E-state index contributed by atoms with van der Waals surface area (Å²) >= 11 is 7.80. The van der Waals surface area contributed by atoms with E-state index >= 15 is 0 Å². The van der Waals surface area contributed by atoms with E-state index < -0.39 is 0 Å². The molecule has 0 aliphatic rings. The lowest BCUT2D eigenvalue weighted by molar-refractivity contribution is 0.712. The van der Waals surface area contributed by atoms with Crippen LogP contribution in [0.2, 0.25) is 0 Å². The molecule has 0 nitrogen and oxygen atoms in total. The molecule has 0 aliphatic heterocycles. The van der Waals surface area contributed by atoms with Crippen molar-refractivity contribution >= 4 is 23.4 Å². The van der Waals surface area contributed by atoms with Crippen LogP contribution in [0.4, 0.5) is 0 Å². The first-order valence-electron chi connectivity index (χ1n) is 5.11. The highest BCUT2D eigenvalue weighted by atomic mass is 35.5. The second-order valence-corrected chi connectivity index (χ2v) is 5.35. The Morgan fingerprint density at radius 3 is 2.57 bits per heavy atom. The Balaban J connectivity index is 2.05. The summed E-state index contributed by atoms with van der Waals surface area (Å²) in [7, 11) is 0. The zero-order chi connectivity index (χ0) is 10.2. The first kappa shape index (κ1) is 11.9. The van der Waals surface area contributed by atoms with Crippen LogP contribution < -0.4 is 0 Å². The van der Waals surface area contributed by atoms with Crippen molar-refractivity contribution in [2.75, 3.05) is 5.75 Å². The summed E-state index contributed by atoms with van der Waals surface area (Å²) in [6.07, 6.45) is 3.64. The van der Waals surface area contributed by atoms with Gasteiger partial charge in [-0.25, -0.2) is 0 Å². The predicted octanol–water partition coefficient (Wildman–Crippen LogP) is 4.58. The van der Waals surface area contributed by atoms with Gasteiger partial charge in [-0.05, 0) is 37.7 Å². The fraction of sp³-hybridized carbons (Fsp3) is 0.500. The van der Waals surface area contributed by atoms with Crippen LogP contribution >= 0.6 is 23.4 Å². The fourth-order valence-corrected chi connectivity index (χ4v) is 2.32. The van der Waals surface area contributed by atoms with Crippen LogP contribution in [-0.4, -0.2) is 11.1 Å². The van der Waals surface area contributed by atoms with Crippen LogP contribution in [0.25, 0.3) is 0 Å². The summed E-state index contributed by atoms with van der Waals surface area (Å²) in [5, 5.41) is 0.330. The monoisotopic (exact) mass is 228 g/mol. The molecule has 1 aromatic carbocycles. The van der Waals surface area contributed by atoms with Crippen LogP contribution in [0.5, 0.6) is 0 Å². The summed E-state index contributed by atoms with van der Waals surface area (Å²) in [5.74, 6) is 1.20. The maximum Gasteiger partial charge on any atom is 0.0307 e. The van der Waals surface area contributed by atoms with Crippen molar-refractivity contribution < 1.29 is 0 Å². The lowest BCUT2D eigenvalue weighted by Gasteiger charge is -2.02. The topological polar surface area (TPSA) is 0 Å². The SMILES string of the molecule is CC(Cl)CCCCSc1ccccc1. The largest absolute Gasteiger partial charge is 0.126 e. The Bertz CT molecular complexity index is 233. The maximum atomic E-state index is 5.87. The van der Waals surface area contributed by atoms with E-state index in [4.69, 9.17) is 11.6 Å². The molecule has 0 bridgehead atoms. The summed E-state index contributed by atoms with van der Waals surface area (Å²) < 4.78 is 0. The van der Waals surface area contributed by atoms with Crippen molar-refractivity contribution in [3.63, 3.8) is 0 Å². The molecule has 1 unspecified atom stereocenters. The van der Waals surface area contributed by atoms with Gasteiger partial charge in [0.05, 0.1) is 0 Å². The molecule has 2 heteroatoms. The van der Waals surface area contributed by atoms with Crippen molar-refractivity contribution in [2.24, 2.45) is 0 Å².